The second-order valence-corrected chi connectivity index (χ2v) is 3.46. The number of ether oxygens (including phenoxy) is 1. The first-order valence-corrected chi connectivity index (χ1v) is 4.41. The molecular weight excluding hydrogens is 287 g/mol. The summed E-state index contributed by atoms with van der Waals surface area (Å²) in [5, 5.41) is 10.4. The molecule has 5 nitrogen and oxygen atoms in total. The molecule has 13 heavy (non-hydrogen) atoms. The van der Waals surface area contributed by atoms with E-state index in [4.69, 9.17) is 10.5 Å². The summed E-state index contributed by atoms with van der Waals surface area (Å²) in [6, 6.07) is 2.70. The van der Waals surface area contributed by atoms with Crippen molar-refractivity contribution in [1.82, 2.24) is 0 Å². The van der Waals surface area contributed by atoms with Crippen LogP contribution in [-0.4, -0.2) is 12.0 Å². The summed E-state index contributed by atoms with van der Waals surface area (Å²) < 4.78 is 5.50. The van der Waals surface area contributed by atoms with E-state index in [0.717, 1.165) is 0 Å². The third-order valence-electron chi connectivity index (χ3n) is 1.51. The van der Waals surface area contributed by atoms with Crippen molar-refractivity contribution in [3.05, 3.63) is 25.8 Å². The van der Waals surface area contributed by atoms with Crippen LogP contribution in [0.3, 0.4) is 0 Å². The van der Waals surface area contributed by atoms with Crippen molar-refractivity contribution in [3.63, 3.8) is 0 Å². The van der Waals surface area contributed by atoms with Crippen molar-refractivity contribution in [2.75, 3.05) is 12.8 Å². The zero-order chi connectivity index (χ0) is 10.0. The summed E-state index contributed by atoms with van der Waals surface area (Å²) in [6.07, 6.45) is 0. The normalized spacial score (nSPS) is 9.69. The van der Waals surface area contributed by atoms with E-state index in [1.165, 1.54) is 19.2 Å². The zero-order valence-corrected chi connectivity index (χ0v) is 8.94. The molecule has 0 radical (unpaired) electrons. The average molecular weight is 294 g/mol. The summed E-state index contributed by atoms with van der Waals surface area (Å²) >= 11 is 1.92. The van der Waals surface area contributed by atoms with Crippen LogP contribution in [0.25, 0.3) is 0 Å². The summed E-state index contributed by atoms with van der Waals surface area (Å²) in [7, 11) is 1.42. The number of nitrogens with zero attached hydrogens (tertiary/aromatic N) is 1. The number of non-ortho nitro benzene ring substituents is 1. The summed E-state index contributed by atoms with van der Waals surface area (Å²) in [4.78, 5) is 9.96. The molecule has 0 aliphatic carbocycles. The van der Waals surface area contributed by atoms with Crippen LogP contribution in [0.2, 0.25) is 0 Å². The predicted molar refractivity (Wildman–Crippen MR) is 56.8 cm³/mol. The first kappa shape index (κ1) is 10.0. The molecule has 0 fully saturated rings. The van der Waals surface area contributed by atoms with Crippen LogP contribution in [0.5, 0.6) is 5.75 Å². The second-order valence-electron chi connectivity index (χ2n) is 2.30. The van der Waals surface area contributed by atoms with E-state index < -0.39 is 4.92 Å². The van der Waals surface area contributed by atoms with Crippen molar-refractivity contribution in [1.29, 1.82) is 0 Å². The Labute approximate surface area is 88.2 Å². The van der Waals surface area contributed by atoms with Gasteiger partial charge in [0.25, 0.3) is 5.69 Å². The van der Waals surface area contributed by atoms with Gasteiger partial charge in [-0.05, 0) is 22.6 Å². The van der Waals surface area contributed by atoms with Gasteiger partial charge in [-0.3, -0.25) is 10.1 Å². The van der Waals surface area contributed by atoms with Crippen LogP contribution in [-0.2, 0) is 0 Å². The number of nitrogens with two attached hydrogens (primary N) is 1. The van der Waals surface area contributed by atoms with Crippen LogP contribution in [0.4, 0.5) is 11.4 Å². The van der Waals surface area contributed by atoms with Crippen LogP contribution < -0.4 is 10.5 Å². The number of methoxy groups -OCH3 is 1. The van der Waals surface area contributed by atoms with Crippen LogP contribution in [0.15, 0.2) is 12.1 Å². The second kappa shape index (κ2) is 3.77. The molecule has 1 aromatic carbocycles. The molecular formula is C7H7IN2O3. The Balaban J connectivity index is 3.30. The molecule has 0 bridgehead atoms. The van der Waals surface area contributed by atoms with Gasteiger partial charge in [0, 0.05) is 9.64 Å². The average Bonchev–Trinajstić information content (AvgIpc) is 2.09. The largest absolute Gasteiger partial charge is 0.494 e. The minimum atomic E-state index is -0.482. The summed E-state index contributed by atoms with van der Waals surface area (Å²) in [6.45, 7) is 0. The van der Waals surface area contributed by atoms with Crippen LogP contribution in [0.1, 0.15) is 0 Å². The lowest BCUT2D eigenvalue weighted by atomic mass is 10.2. The van der Waals surface area contributed by atoms with Crippen LogP contribution in [0, 0.1) is 13.7 Å². The molecule has 0 aromatic heterocycles. The zero-order valence-electron chi connectivity index (χ0n) is 6.78. The standard InChI is InChI=1S/C7H7IN2O3/c1-13-6-3-4(10(11)12)2-5(8)7(6)9/h2-3H,9H2,1H3. The first-order chi connectivity index (χ1) is 6.06. The Morgan fingerprint density at radius 3 is 2.69 bits per heavy atom. The fourth-order valence-corrected chi connectivity index (χ4v) is 1.44. The molecule has 0 spiro atoms. The highest BCUT2D eigenvalue weighted by Gasteiger charge is 2.13. The maximum absolute atomic E-state index is 10.4. The molecule has 70 valence electrons. The fraction of sp³-hybridized carbons (Fsp3) is 0.143. The predicted octanol–water partition coefficient (Wildman–Crippen LogP) is 1.79. The van der Waals surface area contributed by atoms with Gasteiger partial charge in [-0.2, -0.15) is 0 Å². The molecule has 0 saturated carbocycles. The maximum Gasteiger partial charge on any atom is 0.274 e. The molecule has 0 amide bonds. The van der Waals surface area contributed by atoms with Gasteiger partial charge in [-0.15, -0.1) is 0 Å². The number of anilines is 1. The molecule has 0 heterocycles. The van der Waals surface area contributed by atoms with E-state index in [-0.39, 0.29) is 5.69 Å². The van der Waals surface area contributed by atoms with E-state index in [0.29, 0.717) is 15.0 Å². The van der Waals surface area contributed by atoms with Crippen molar-refractivity contribution < 1.29 is 9.66 Å². The van der Waals surface area contributed by atoms with Gasteiger partial charge in [0.1, 0.15) is 5.75 Å². The number of benzene rings is 1. The topological polar surface area (TPSA) is 78.4 Å². The van der Waals surface area contributed by atoms with Gasteiger partial charge >= 0.3 is 0 Å². The molecule has 0 aliphatic heterocycles. The Bertz CT molecular complexity index is 354. The van der Waals surface area contributed by atoms with Crippen molar-refractivity contribution in [2.24, 2.45) is 0 Å². The third-order valence-corrected chi connectivity index (χ3v) is 2.40. The fourth-order valence-electron chi connectivity index (χ4n) is 0.853. The minimum absolute atomic E-state index is 0.0181. The number of halogens is 1. The minimum Gasteiger partial charge on any atom is -0.494 e. The monoisotopic (exact) mass is 294 g/mol. The highest BCUT2D eigenvalue weighted by molar-refractivity contribution is 14.1. The van der Waals surface area contributed by atoms with Gasteiger partial charge in [0.15, 0.2) is 0 Å². The molecule has 2 N–H and O–H groups in total. The Hall–Kier alpha value is -1.05. The molecule has 0 saturated heterocycles. The summed E-state index contributed by atoms with van der Waals surface area (Å²) in [5.41, 5.74) is 6.01. The number of nitro groups is 1. The van der Waals surface area contributed by atoms with Gasteiger partial charge in [-0.1, -0.05) is 0 Å². The van der Waals surface area contributed by atoms with Crippen LogP contribution >= 0.6 is 22.6 Å². The van der Waals surface area contributed by atoms with Gasteiger partial charge in [-0.25, -0.2) is 0 Å². The Morgan fingerprint density at radius 1 is 1.62 bits per heavy atom. The van der Waals surface area contributed by atoms with Gasteiger partial charge in [0.2, 0.25) is 0 Å². The Kier molecular flexibility index (Phi) is 2.91. The number of nitrogen functional groups attached to an aromatic ring is 1. The molecule has 0 unspecified atom stereocenters. The highest BCUT2D eigenvalue weighted by atomic mass is 127. The summed E-state index contributed by atoms with van der Waals surface area (Å²) in [5.74, 6) is 0.332. The quantitative estimate of drug-likeness (QED) is 0.390. The number of rotatable bonds is 2. The van der Waals surface area contributed by atoms with Crippen molar-refractivity contribution >= 4 is 34.0 Å². The van der Waals surface area contributed by atoms with E-state index in [2.05, 4.69) is 0 Å². The number of nitro benzene ring substituents is 1. The molecule has 1 aromatic rings. The van der Waals surface area contributed by atoms with Gasteiger partial charge < -0.3 is 10.5 Å². The maximum atomic E-state index is 10.4. The van der Waals surface area contributed by atoms with E-state index in [1.807, 2.05) is 22.6 Å². The van der Waals surface area contributed by atoms with E-state index in [1.54, 1.807) is 0 Å². The lowest BCUT2D eigenvalue weighted by Crippen LogP contribution is -1.97. The number of hydrogen-bond donors (Lipinski definition) is 1. The smallest absolute Gasteiger partial charge is 0.274 e. The lowest BCUT2D eigenvalue weighted by molar-refractivity contribution is -0.385. The van der Waals surface area contributed by atoms with Gasteiger partial charge in [0.05, 0.1) is 23.8 Å². The Morgan fingerprint density at radius 2 is 2.23 bits per heavy atom. The number of hydrogen-bond acceptors (Lipinski definition) is 4. The molecule has 0 atom stereocenters. The molecule has 1 rings (SSSR count). The van der Waals surface area contributed by atoms with E-state index >= 15 is 0 Å². The van der Waals surface area contributed by atoms with Crippen molar-refractivity contribution in [2.45, 2.75) is 0 Å². The molecule has 0 aliphatic rings. The SMILES string of the molecule is COc1cc([N+](=O)[O-])cc(I)c1N. The lowest BCUT2D eigenvalue weighted by Gasteiger charge is -2.05. The highest BCUT2D eigenvalue weighted by Crippen LogP contribution is 2.31. The van der Waals surface area contributed by atoms with Crippen molar-refractivity contribution in [3.8, 4) is 5.75 Å². The third kappa shape index (κ3) is 2.00. The first-order valence-electron chi connectivity index (χ1n) is 3.33. The molecule has 6 heteroatoms. The van der Waals surface area contributed by atoms with E-state index in [9.17, 15) is 10.1 Å².